The number of likely N-dealkylation sites (tertiary alicyclic amines) is 1. The number of hydrogen-bond acceptors (Lipinski definition) is 3. The van der Waals surface area contributed by atoms with E-state index in [1.54, 1.807) is 0 Å². The van der Waals surface area contributed by atoms with Gasteiger partial charge in [0.2, 0.25) is 0 Å². The fraction of sp³-hybridized carbons (Fsp3) is 1.00. The Morgan fingerprint density at radius 3 is 2.86 bits per heavy atom. The Hall–Kier alpha value is -0.120. The van der Waals surface area contributed by atoms with Gasteiger partial charge in [-0.15, -0.1) is 0 Å². The van der Waals surface area contributed by atoms with Gasteiger partial charge in [-0.3, -0.25) is 4.90 Å². The van der Waals surface area contributed by atoms with E-state index in [9.17, 15) is 5.11 Å². The van der Waals surface area contributed by atoms with Gasteiger partial charge in [0.05, 0.1) is 6.10 Å². The minimum atomic E-state index is -0.345. The number of nitrogens with zero attached hydrogens (tertiary/aromatic N) is 1. The molecule has 0 bridgehead atoms. The monoisotopic (exact) mass is 200 g/mol. The summed E-state index contributed by atoms with van der Waals surface area (Å²) in [6.07, 6.45) is 6.08. The summed E-state index contributed by atoms with van der Waals surface area (Å²) in [7, 11) is 0. The fourth-order valence-corrected chi connectivity index (χ4v) is 2.28. The average Bonchev–Trinajstić information content (AvgIpc) is 2.42. The lowest BCUT2D eigenvalue weighted by Gasteiger charge is -2.30. The smallest absolute Gasteiger partial charge is 0.0789 e. The first kappa shape index (κ1) is 12.0. The Balaban J connectivity index is 2.43. The highest BCUT2D eigenvalue weighted by Crippen LogP contribution is 2.18. The molecule has 0 radical (unpaired) electrons. The quantitative estimate of drug-likeness (QED) is 0.710. The molecule has 14 heavy (non-hydrogen) atoms. The SMILES string of the molecule is CCC1CCCCCN1CC(O)CN. The highest BCUT2D eigenvalue weighted by atomic mass is 16.3. The van der Waals surface area contributed by atoms with E-state index in [0.29, 0.717) is 12.6 Å². The molecule has 0 aromatic rings. The number of β-amino-alcohol motifs (C(OH)–C–C–N with tert-alkyl or cyclic N) is 1. The van der Waals surface area contributed by atoms with Crippen molar-refractivity contribution in [2.45, 2.75) is 51.2 Å². The van der Waals surface area contributed by atoms with Gasteiger partial charge >= 0.3 is 0 Å². The van der Waals surface area contributed by atoms with Crippen LogP contribution in [0.2, 0.25) is 0 Å². The third-order valence-corrected chi connectivity index (χ3v) is 3.19. The predicted octanol–water partition coefficient (Wildman–Crippen LogP) is 0.961. The maximum Gasteiger partial charge on any atom is 0.0789 e. The van der Waals surface area contributed by atoms with E-state index in [1.807, 2.05) is 0 Å². The molecule has 1 aliphatic heterocycles. The molecule has 2 atom stereocenters. The number of aliphatic hydroxyl groups excluding tert-OH is 1. The standard InChI is InChI=1S/C11H24N2O/c1-2-10-6-4-3-5-7-13(10)9-11(14)8-12/h10-11,14H,2-9,12H2,1H3. The van der Waals surface area contributed by atoms with E-state index < -0.39 is 0 Å². The zero-order chi connectivity index (χ0) is 10.4. The zero-order valence-electron chi connectivity index (χ0n) is 9.28. The summed E-state index contributed by atoms with van der Waals surface area (Å²) in [5.41, 5.74) is 5.44. The summed E-state index contributed by atoms with van der Waals surface area (Å²) in [5, 5.41) is 9.55. The normalized spacial score (nSPS) is 27.2. The first-order chi connectivity index (χ1) is 6.77. The van der Waals surface area contributed by atoms with Crippen molar-refractivity contribution in [3.05, 3.63) is 0 Å². The summed E-state index contributed by atoms with van der Waals surface area (Å²) in [4.78, 5) is 2.42. The van der Waals surface area contributed by atoms with Gasteiger partial charge in [0, 0.05) is 19.1 Å². The minimum absolute atomic E-state index is 0.345. The lowest BCUT2D eigenvalue weighted by molar-refractivity contribution is 0.0915. The number of hydrogen-bond donors (Lipinski definition) is 2. The molecular weight excluding hydrogens is 176 g/mol. The van der Waals surface area contributed by atoms with Crippen LogP contribution < -0.4 is 5.73 Å². The molecule has 0 aliphatic carbocycles. The molecule has 1 aliphatic rings. The van der Waals surface area contributed by atoms with Crippen LogP contribution in [0.3, 0.4) is 0 Å². The van der Waals surface area contributed by atoms with Crippen molar-refractivity contribution in [2.75, 3.05) is 19.6 Å². The van der Waals surface area contributed by atoms with Crippen LogP contribution in [0.1, 0.15) is 39.0 Å². The average molecular weight is 200 g/mol. The van der Waals surface area contributed by atoms with Crippen molar-refractivity contribution < 1.29 is 5.11 Å². The highest BCUT2D eigenvalue weighted by Gasteiger charge is 2.20. The third-order valence-electron chi connectivity index (χ3n) is 3.19. The second-order valence-electron chi connectivity index (χ2n) is 4.30. The summed E-state index contributed by atoms with van der Waals surface area (Å²) in [5.74, 6) is 0. The lowest BCUT2D eigenvalue weighted by atomic mass is 10.1. The molecule has 84 valence electrons. The van der Waals surface area contributed by atoms with E-state index in [0.717, 1.165) is 13.1 Å². The van der Waals surface area contributed by atoms with Crippen molar-refractivity contribution in [1.82, 2.24) is 4.90 Å². The van der Waals surface area contributed by atoms with Crippen LogP contribution in [0.4, 0.5) is 0 Å². The Morgan fingerprint density at radius 2 is 2.21 bits per heavy atom. The van der Waals surface area contributed by atoms with Gasteiger partial charge in [-0.1, -0.05) is 19.8 Å². The number of nitrogens with two attached hydrogens (primary N) is 1. The topological polar surface area (TPSA) is 49.5 Å². The van der Waals surface area contributed by atoms with Crippen molar-refractivity contribution in [3.63, 3.8) is 0 Å². The van der Waals surface area contributed by atoms with Gasteiger partial charge in [0.1, 0.15) is 0 Å². The van der Waals surface area contributed by atoms with E-state index >= 15 is 0 Å². The van der Waals surface area contributed by atoms with Gasteiger partial charge in [-0.05, 0) is 25.8 Å². The van der Waals surface area contributed by atoms with Crippen LogP contribution >= 0.6 is 0 Å². The predicted molar refractivity (Wildman–Crippen MR) is 59.2 cm³/mol. The Labute approximate surface area is 87.3 Å². The van der Waals surface area contributed by atoms with Gasteiger partial charge in [0.15, 0.2) is 0 Å². The zero-order valence-corrected chi connectivity index (χ0v) is 9.28. The van der Waals surface area contributed by atoms with Crippen LogP contribution in [0, 0.1) is 0 Å². The first-order valence-electron chi connectivity index (χ1n) is 5.90. The molecule has 1 saturated heterocycles. The molecule has 1 rings (SSSR count). The Kier molecular flexibility index (Phi) is 5.45. The van der Waals surface area contributed by atoms with Crippen molar-refractivity contribution in [3.8, 4) is 0 Å². The van der Waals surface area contributed by atoms with Gasteiger partial charge in [-0.25, -0.2) is 0 Å². The van der Waals surface area contributed by atoms with E-state index in [2.05, 4.69) is 11.8 Å². The van der Waals surface area contributed by atoms with Crippen LogP contribution in [0.15, 0.2) is 0 Å². The molecule has 0 aromatic heterocycles. The molecule has 0 aromatic carbocycles. The molecule has 0 spiro atoms. The number of rotatable bonds is 4. The highest BCUT2D eigenvalue weighted by molar-refractivity contribution is 4.76. The maximum atomic E-state index is 9.55. The molecule has 0 amide bonds. The second kappa shape index (κ2) is 6.38. The molecule has 3 N–H and O–H groups in total. The molecule has 3 heteroatoms. The molecule has 3 nitrogen and oxygen atoms in total. The summed E-state index contributed by atoms with van der Waals surface area (Å²) >= 11 is 0. The van der Waals surface area contributed by atoms with Crippen LogP contribution in [0.25, 0.3) is 0 Å². The van der Waals surface area contributed by atoms with Gasteiger partial charge in [0.25, 0.3) is 0 Å². The van der Waals surface area contributed by atoms with Crippen molar-refractivity contribution in [1.29, 1.82) is 0 Å². The van der Waals surface area contributed by atoms with Crippen molar-refractivity contribution >= 4 is 0 Å². The molecular formula is C11H24N2O. The molecule has 0 saturated carbocycles. The largest absolute Gasteiger partial charge is 0.390 e. The lowest BCUT2D eigenvalue weighted by Crippen LogP contribution is -2.42. The molecule has 1 fully saturated rings. The van der Waals surface area contributed by atoms with Crippen LogP contribution in [0.5, 0.6) is 0 Å². The van der Waals surface area contributed by atoms with Gasteiger partial charge < -0.3 is 10.8 Å². The van der Waals surface area contributed by atoms with E-state index in [-0.39, 0.29) is 6.10 Å². The second-order valence-corrected chi connectivity index (χ2v) is 4.30. The van der Waals surface area contributed by atoms with E-state index in [1.165, 1.54) is 32.1 Å². The van der Waals surface area contributed by atoms with Crippen molar-refractivity contribution in [2.24, 2.45) is 5.73 Å². The van der Waals surface area contributed by atoms with Crippen LogP contribution in [-0.2, 0) is 0 Å². The fourth-order valence-electron chi connectivity index (χ4n) is 2.28. The number of aliphatic hydroxyl groups is 1. The summed E-state index contributed by atoms with van der Waals surface area (Å²) in [6, 6.07) is 0.665. The summed E-state index contributed by atoms with van der Waals surface area (Å²) < 4.78 is 0. The third kappa shape index (κ3) is 3.56. The van der Waals surface area contributed by atoms with E-state index in [4.69, 9.17) is 5.73 Å². The molecule has 2 unspecified atom stereocenters. The summed E-state index contributed by atoms with van der Waals surface area (Å²) in [6.45, 7) is 4.51. The van der Waals surface area contributed by atoms with Crippen LogP contribution in [-0.4, -0.2) is 41.8 Å². The minimum Gasteiger partial charge on any atom is -0.390 e. The maximum absolute atomic E-state index is 9.55. The Bertz CT molecular complexity index is 152. The van der Waals surface area contributed by atoms with Gasteiger partial charge in [-0.2, -0.15) is 0 Å². The Morgan fingerprint density at radius 1 is 1.43 bits per heavy atom. The molecule has 1 heterocycles. The first-order valence-corrected chi connectivity index (χ1v) is 5.90.